The van der Waals surface area contributed by atoms with Crippen molar-refractivity contribution in [2.45, 2.75) is 40.0 Å². The summed E-state index contributed by atoms with van der Waals surface area (Å²) >= 11 is 0. The van der Waals surface area contributed by atoms with Crippen LogP contribution in [-0.4, -0.2) is 15.9 Å². The van der Waals surface area contributed by atoms with Crippen molar-refractivity contribution in [2.24, 2.45) is 5.92 Å². The molecule has 0 spiro atoms. The van der Waals surface area contributed by atoms with Crippen LogP contribution in [-0.2, 0) is 17.6 Å². The van der Waals surface area contributed by atoms with Crippen molar-refractivity contribution in [1.82, 2.24) is 9.97 Å². The van der Waals surface area contributed by atoms with E-state index in [9.17, 15) is 4.79 Å². The van der Waals surface area contributed by atoms with Gasteiger partial charge in [-0.2, -0.15) is 0 Å². The molecule has 1 aromatic carbocycles. The number of carbonyl (C=O) groups excluding carboxylic acids is 1. The van der Waals surface area contributed by atoms with Gasteiger partial charge in [-0.1, -0.05) is 12.1 Å². The Morgan fingerprint density at radius 2 is 2.14 bits per heavy atom. The lowest BCUT2D eigenvalue weighted by Gasteiger charge is -2.21. The molecule has 1 aliphatic rings. The monoisotopic (exact) mass is 283 g/mol. The number of aromatic amines is 1. The number of benzene rings is 1. The predicted octanol–water partition coefficient (Wildman–Crippen LogP) is 3.08. The average Bonchev–Trinajstić information content (AvgIpc) is 2.81. The minimum Gasteiger partial charge on any atom is -0.346 e. The van der Waals surface area contributed by atoms with Gasteiger partial charge in [0.15, 0.2) is 0 Å². The number of anilines is 1. The number of rotatable bonds is 2. The number of amides is 1. The number of hydrogen-bond donors (Lipinski definition) is 2. The highest BCUT2D eigenvalue weighted by molar-refractivity contribution is 5.93. The highest BCUT2D eigenvalue weighted by atomic mass is 16.1. The van der Waals surface area contributed by atoms with Crippen LogP contribution in [0, 0.1) is 26.7 Å². The maximum atomic E-state index is 12.5. The molecule has 0 saturated heterocycles. The van der Waals surface area contributed by atoms with Crippen LogP contribution in [0.2, 0.25) is 0 Å². The van der Waals surface area contributed by atoms with Crippen molar-refractivity contribution in [3.05, 3.63) is 46.5 Å². The lowest BCUT2D eigenvalue weighted by molar-refractivity contribution is -0.120. The molecular weight excluding hydrogens is 262 g/mol. The van der Waals surface area contributed by atoms with E-state index in [2.05, 4.69) is 21.4 Å². The number of imidazole rings is 1. The van der Waals surface area contributed by atoms with E-state index in [0.29, 0.717) is 0 Å². The summed E-state index contributed by atoms with van der Waals surface area (Å²) in [6, 6.07) is 6.13. The molecule has 1 amide bonds. The van der Waals surface area contributed by atoms with Gasteiger partial charge in [-0.25, -0.2) is 4.98 Å². The van der Waals surface area contributed by atoms with Gasteiger partial charge in [0.25, 0.3) is 0 Å². The first-order valence-electron chi connectivity index (χ1n) is 7.45. The highest BCUT2D eigenvalue weighted by Crippen LogP contribution is 2.26. The fourth-order valence-electron chi connectivity index (χ4n) is 2.95. The van der Waals surface area contributed by atoms with Gasteiger partial charge in [0.1, 0.15) is 5.82 Å². The number of carbonyl (C=O) groups is 1. The first-order chi connectivity index (χ1) is 10.0. The number of aromatic nitrogens is 2. The maximum absolute atomic E-state index is 12.5. The average molecular weight is 283 g/mol. The summed E-state index contributed by atoms with van der Waals surface area (Å²) < 4.78 is 0. The van der Waals surface area contributed by atoms with Gasteiger partial charge in [-0.05, 0) is 50.8 Å². The molecule has 0 aliphatic heterocycles. The first-order valence-corrected chi connectivity index (χ1v) is 7.45. The summed E-state index contributed by atoms with van der Waals surface area (Å²) in [7, 11) is 0. The van der Waals surface area contributed by atoms with E-state index in [-0.39, 0.29) is 11.8 Å². The molecule has 4 nitrogen and oxygen atoms in total. The van der Waals surface area contributed by atoms with Crippen LogP contribution in [0.5, 0.6) is 0 Å². The highest BCUT2D eigenvalue weighted by Gasteiger charge is 2.27. The second-order valence-electron chi connectivity index (χ2n) is 5.99. The summed E-state index contributed by atoms with van der Waals surface area (Å²) in [4.78, 5) is 20.2. The third-order valence-electron chi connectivity index (χ3n) is 4.18. The Hall–Kier alpha value is -2.10. The van der Waals surface area contributed by atoms with Crippen LogP contribution in [0.4, 0.5) is 5.69 Å². The zero-order valence-electron chi connectivity index (χ0n) is 12.8. The fraction of sp³-hybridized carbons (Fsp3) is 0.412. The summed E-state index contributed by atoms with van der Waals surface area (Å²) in [5, 5.41) is 3.09. The number of nitrogens with one attached hydrogen (secondary N) is 2. The molecule has 4 heteroatoms. The number of aryl methyl sites for hydroxylation is 4. The van der Waals surface area contributed by atoms with E-state index in [0.717, 1.165) is 53.3 Å². The van der Waals surface area contributed by atoms with E-state index < -0.39 is 0 Å². The lowest BCUT2D eigenvalue weighted by atomic mass is 9.89. The van der Waals surface area contributed by atoms with Gasteiger partial charge >= 0.3 is 0 Å². The Labute approximate surface area is 125 Å². The fourth-order valence-corrected chi connectivity index (χ4v) is 2.95. The van der Waals surface area contributed by atoms with Crippen molar-refractivity contribution in [1.29, 1.82) is 0 Å². The van der Waals surface area contributed by atoms with Crippen molar-refractivity contribution in [2.75, 3.05) is 5.32 Å². The number of fused-ring (bicyclic) bond motifs is 1. The third kappa shape index (κ3) is 2.84. The summed E-state index contributed by atoms with van der Waals surface area (Å²) in [6.07, 6.45) is 2.51. The van der Waals surface area contributed by atoms with Gasteiger partial charge < -0.3 is 10.3 Å². The van der Waals surface area contributed by atoms with E-state index in [1.165, 1.54) is 0 Å². The van der Waals surface area contributed by atoms with Crippen LogP contribution in [0.1, 0.15) is 34.8 Å². The number of nitrogens with zero attached hydrogens (tertiary/aromatic N) is 1. The molecule has 3 rings (SSSR count). The number of H-pyrrole nitrogens is 1. The van der Waals surface area contributed by atoms with Crippen LogP contribution in [0.3, 0.4) is 0 Å². The van der Waals surface area contributed by atoms with Gasteiger partial charge in [0.05, 0.1) is 5.69 Å². The van der Waals surface area contributed by atoms with Crippen LogP contribution in [0.15, 0.2) is 18.2 Å². The second kappa shape index (κ2) is 5.35. The molecule has 1 aromatic heterocycles. The Kier molecular flexibility index (Phi) is 3.53. The molecule has 1 unspecified atom stereocenters. The van der Waals surface area contributed by atoms with E-state index >= 15 is 0 Å². The summed E-state index contributed by atoms with van der Waals surface area (Å²) in [6.45, 7) is 6.02. The molecule has 21 heavy (non-hydrogen) atoms. The minimum absolute atomic E-state index is 0.0252. The molecule has 2 aromatic rings. The topological polar surface area (TPSA) is 57.8 Å². The van der Waals surface area contributed by atoms with Crippen LogP contribution < -0.4 is 5.32 Å². The van der Waals surface area contributed by atoms with Crippen LogP contribution >= 0.6 is 0 Å². The van der Waals surface area contributed by atoms with Crippen molar-refractivity contribution in [3.63, 3.8) is 0 Å². The normalized spacial score (nSPS) is 17.4. The molecule has 1 heterocycles. The smallest absolute Gasteiger partial charge is 0.227 e. The molecule has 1 aliphatic carbocycles. The van der Waals surface area contributed by atoms with Crippen molar-refractivity contribution >= 4 is 11.6 Å². The molecule has 0 saturated carbocycles. The molecular formula is C17H21N3O. The third-order valence-corrected chi connectivity index (χ3v) is 4.18. The molecule has 0 radical (unpaired) electrons. The summed E-state index contributed by atoms with van der Waals surface area (Å²) in [5.41, 5.74) is 5.43. The molecule has 2 N–H and O–H groups in total. The van der Waals surface area contributed by atoms with Crippen LogP contribution in [0.25, 0.3) is 0 Å². The van der Waals surface area contributed by atoms with Crippen molar-refractivity contribution < 1.29 is 4.79 Å². The molecule has 1 atom stereocenters. The maximum Gasteiger partial charge on any atom is 0.227 e. The van der Waals surface area contributed by atoms with Crippen molar-refractivity contribution in [3.8, 4) is 0 Å². The zero-order valence-corrected chi connectivity index (χ0v) is 12.8. The quantitative estimate of drug-likeness (QED) is 0.890. The first kappa shape index (κ1) is 13.9. The van der Waals surface area contributed by atoms with E-state index in [1.54, 1.807) is 0 Å². The lowest BCUT2D eigenvalue weighted by Crippen LogP contribution is -2.28. The van der Waals surface area contributed by atoms with E-state index in [4.69, 9.17) is 0 Å². The largest absolute Gasteiger partial charge is 0.346 e. The second-order valence-corrected chi connectivity index (χ2v) is 5.99. The standard InChI is InChI=1S/C17H21N3O/c1-10-4-5-11(2)15(8-10)20-17(21)13-6-7-14-16(9-13)19-12(3)18-14/h4-5,8,13H,6-7,9H2,1-3H3,(H,18,19)(H,20,21). The van der Waals surface area contributed by atoms with Gasteiger partial charge in [-0.15, -0.1) is 0 Å². The Morgan fingerprint density at radius 1 is 1.33 bits per heavy atom. The van der Waals surface area contributed by atoms with Gasteiger partial charge in [0, 0.05) is 23.7 Å². The Morgan fingerprint density at radius 3 is 2.95 bits per heavy atom. The predicted molar refractivity (Wildman–Crippen MR) is 83.4 cm³/mol. The SMILES string of the molecule is Cc1ccc(C)c(NC(=O)C2CCc3nc(C)[nH]c3C2)c1. The number of hydrogen-bond acceptors (Lipinski definition) is 2. The Bertz CT molecular complexity index is 687. The molecule has 110 valence electrons. The Balaban J connectivity index is 1.73. The minimum atomic E-state index is 0.0252. The van der Waals surface area contributed by atoms with Gasteiger partial charge in [-0.3, -0.25) is 4.79 Å². The molecule has 0 fully saturated rings. The zero-order chi connectivity index (χ0) is 15.0. The molecule has 0 bridgehead atoms. The van der Waals surface area contributed by atoms with Gasteiger partial charge in [0.2, 0.25) is 5.91 Å². The van der Waals surface area contributed by atoms with E-state index in [1.807, 2.05) is 32.9 Å². The summed E-state index contributed by atoms with van der Waals surface area (Å²) in [5.74, 6) is 1.08.